The van der Waals surface area contributed by atoms with Crippen molar-refractivity contribution in [2.24, 2.45) is 0 Å². The van der Waals surface area contributed by atoms with Gasteiger partial charge in [-0.3, -0.25) is 4.90 Å². The second-order valence-corrected chi connectivity index (χ2v) is 7.64. The van der Waals surface area contributed by atoms with Crippen LogP contribution in [0.25, 0.3) is 0 Å². The Balaban J connectivity index is 2.19. The highest BCUT2D eigenvalue weighted by Crippen LogP contribution is 2.31. The topological polar surface area (TPSA) is 21.7 Å². The quantitative estimate of drug-likeness (QED) is 0.833. The molecule has 0 amide bonds. The molecular formula is C16H24BrNO2. The summed E-state index contributed by atoms with van der Waals surface area (Å²) in [5.41, 5.74) is 0.956. The summed E-state index contributed by atoms with van der Waals surface area (Å²) in [5.74, 6) is 0.940. The van der Waals surface area contributed by atoms with Crippen molar-refractivity contribution in [3.63, 3.8) is 0 Å². The van der Waals surface area contributed by atoms with E-state index in [2.05, 4.69) is 54.6 Å². The molecule has 112 valence electrons. The minimum absolute atomic E-state index is 0.124. The normalized spacial score (nSPS) is 21.7. The van der Waals surface area contributed by atoms with Crippen LogP contribution >= 0.6 is 15.9 Å². The molecule has 1 aromatic carbocycles. The average molecular weight is 342 g/mol. The van der Waals surface area contributed by atoms with Crippen LogP contribution in [0.2, 0.25) is 0 Å². The summed E-state index contributed by atoms with van der Waals surface area (Å²) >= 11 is 3.54. The fraction of sp³-hybridized carbons (Fsp3) is 0.625. The molecule has 0 N–H and O–H groups in total. The lowest BCUT2D eigenvalue weighted by Crippen LogP contribution is -2.56. The van der Waals surface area contributed by atoms with E-state index < -0.39 is 0 Å². The van der Waals surface area contributed by atoms with Gasteiger partial charge in [0.15, 0.2) is 0 Å². The van der Waals surface area contributed by atoms with Crippen LogP contribution < -0.4 is 4.74 Å². The predicted molar refractivity (Wildman–Crippen MR) is 85.2 cm³/mol. The highest BCUT2D eigenvalue weighted by atomic mass is 79.9. The standard InChI is InChI=1S/C16H24BrNO2/c1-15(2)10-18(11-16(3,4)20-15)9-12-8-13(17)6-7-14(12)19-5/h6-8H,9-11H2,1-5H3. The predicted octanol–water partition coefficient (Wildman–Crippen LogP) is 3.85. The van der Waals surface area contributed by atoms with Gasteiger partial charge in [-0.25, -0.2) is 0 Å². The van der Waals surface area contributed by atoms with Crippen molar-refractivity contribution in [1.82, 2.24) is 4.90 Å². The Labute approximate surface area is 130 Å². The Bertz CT molecular complexity index is 469. The third kappa shape index (κ3) is 3.96. The van der Waals surface area contributed by atoms with Gasteiger partial charge in [-0.05, 0) is 45.9 Å². The summed E-state index contributed by atoms with van der Waals surface area (Å²) in [5, 5.41) is 0. The summed E-state index contributed by atoms with van der Waals surface area (Å²) in [6, 6.07) is 6.15. The van der Waals surface area contributed by atoms with Crippen LogP contribution in [0.4, 0.5) is 0 Å². The first kappa shape index (κ1) is 15.8. The van der Waals surface area contributed by atoms with Crippen molar-refractivity contribution in [3.05, 3.63) is 28.2 Å². The third-order valence-corrected chi connectivity index (χ3v) is 3.89. The van der Waals surface area contributed by atoms with Crippen LogP contribution in [0.3, 0.4) is 0 Å². The Morgan fingerprint density at radius 1 is 1.20 bits per heavy atom. The summed E-state index contributed by atoms with van der Waals surface area (Å²) in [6.07, 6.45) is 0. The lowest BCUT2D eigenvalue weighted by atomic mass is 9.98. The van der Waals surface area contributed by atoms with Crippen LogP contribution in [0.1, 0.15) is 33.3 Å². The molecule has 2 rings (SSSR count). The number of rotatable bonds is 3. The molecule has 0 radical (unpaired) electrons. The molecule has 1 aromatic rings. The van der Waals surface area contributed by atoms with Crippen molar-refractivity contribution in [2.75, 3.05) is 20.2 Å². The number of halogens is 1. The lowest BCUT2D eigenvalue weighted by Gasteiger charge is -2.47. The molecule has 0 atom stereocenters. The molecule has 0 aliphatic carbocycles. The second kappa shape index (κ2) is 5.66. The van der Waals surface area contributed by atoms with E-state index in [-0.39, 0.29) is 11.2 Å². The monoisotopic (exact) mass is 341 g/mol. The fourth-order valence-electron chi connectivity index (χ4n) is 3.17. The number of methoxy groups -OCH3 is 1. The average Bonchev–Trinajstić information content (AvgIpc) is 2.24. The van der Waals surface area contributed by atoms with Crippen molar-refractivity contribution < 1.29 is 9.47 Å². The first-order chi connectivity index (χ1) is 9.21. The van der Waals surface area contributed by atoms with Crippen LogP contribution in [0.15, 0.2) is 22.7 Å². The zero-order valence-electron chi connectivity index (χ0n) is 13.0. The van der Waals surface area contributed by atoms with Crippen LogP contribution in [-0.4, -0.2) is 36.3 Å². The van der Waals surface area contributed by atoms with Gasteiger partial charge in [0.2, 0.25) is 0 Å². The Hall–Kier alpha value is -0.580. The van der Waals surface area contributed by atoms with E-state index in [0.29, 0.717) is 0 Å². The number of nitrogens with zero attached hydrogens (tertiary/aromatic N) is 1. The van der Waals surface area contributed by atoms with Crippen LogP contribution in [0, 0.1) is 0 Å². The molecule has 1 heterocycles. The molecule has 0 saturated carbocycles. The van der Waals surface area contributed by atoms with Gasteiger partial charge in [0.1, 0.15) is 5.75 Å². The number of ether oxygens (including phenoxy) is 2. The minimum Gasteiger partial charge on any atom is -0.496 e. The Morgan fingerprint density at radius 3 is 2.35 bits per heavy atom. The summed E-state index contributed by atoms with van der Waals surface area (Å²) in [7, 11) is 1.72. The molecule has 1 saturated heterocycles. The van der Waals surface area contributed by atoms with E-state index >= 15 is 0 Å². The Morgan fingerprint density at radius 2 is 1.80 bits per heavy atom. The van der Waals surface area contributed by atoms with Gasteiger partial charge in [-0.1, -0.05) is 15.9 Å². The zero-order chi connectivity index (χ0) is 15.0. The van der Waals surface area contributed by atoms with Gasteiger partial charge in [0.05, 0.1) is 18.3 Å². The van der Waals surface area contributed by atoms with Gasteiger partial charge < -0.3 is 9.47 Å². The molecule has 1 aliphatic heterocycles. The third-order valence-electron chi connectivity index (χ3n) is 3.40. The first-order valence-electron chi connectivity index (χ1n) is 6.96. The number of hydrogen-bond donors (Lipinski definition) is 0. The second-order valence-electron chi connectivity index (χ2n) is 6.72. The summed E-state index contributed by atoms with van der Waals surface area (Å²) in [6.45, 7) is 11.3. The maximum atomic E-state index is 6.13. The lowest BCUT2D eigenvalue weighted by molar-refractivity contribution is -0.182. The van der Waals surface area contributed by atoms with E-state index in [1.807, 2.05) is 12.1 Å². The van der Waals surface area contributed by atoms with E-state index in [4.69, 9.17) is 9.47 Å². The van der Waals surface area contributed by atoms with Crippen molar-refractivity contribution in [1.29, 1.82) is 0 Å². The molecule has 0 bridgehead atoms. The first-order valence-corrected chi connectivity index (χ1v) is 7.75. The summed E-state index contributed by atoms with van der Waals surface area (Å²) in [4.78, 5) is 2.44. The van der Waals surface area contributed by atoms with E-state index in [9.17, 15) is 0 Å². The molecule has 1 fully saturated rings. The molecule has 1 aliphatic rings. The minimum atomic E-state index is -0.124. The van der Waals surface area contributed by atoms with E-state index in [1.54, 1.807) is 7.11 Å². The fourth-order valence-corrected chi connectivity index (χ4v) is 3.58. The maximum absolute atomic E-state index is 6.13. The molecule has 0 aromatic heterocycles. The van der Waals surface area contributed by atoms with Gasteiger partial charge in [-0.15, -0.1) is 0 Å². The highest BCUT2D eigenvalue weighted by Gasteiger charge is 2.38. The smallest absolute Gasteiger partial charge is 0.123 e. The van der Waals surface area contributed by atoms with Crippen LogP contribution in [0.5, 0.6) is 5.75 Å². The molecular weight excluding hydrogens is 318 g/mol. The largest absolute Gasteiger partial charge is 0.496 e. The van der Waals surface area contributed by atoms with Gasteiger partial charge in [0.25, 0.3) is 0 Å². The highest BCUT2D eigenvalue weighted by molar-refractivity contribution is 9.10. The van der Waals surface area contributed by atoms with Crippen molar-refractivity contribution >= 4 is 15.9 Å². The number of morpholine rings is 1. The van der Waals surface area contributed by atoms with Gasteiger partial charge in [-0.2, -0.15) is 0 Å². The maximum Gasteiger partial charge on any atom is 0.123 e. The summed E-state index contributed by atoms with van der Waals surface area (Å²) < 4.78 is 12.7. The molecule has 0 unspecified atom stereocenters. The molecule has 3 nitrogen and oxygen atoms in total. The van der Waals surface area contributed by atoms with Crippen molar-refractivity contribution in [2.45, 2.75) is 45.4 Å². The molecule has 20 heavy (non-hydrogen) atoms. The van der Waals surface area contributed by atoms with E-state index in [0.717, 1.165) is 29.9 Å². The van der Waals surface area contributed by atoms with Gasteiger partial charge in [0, 0.05) is 29.7 Å². The van der Waals surface area contributed by atoms with Crippen LogP contribution in [-0.2, 0) is 11.3 Å². The molecule has 0 spiro atoms. The van der Waals surface area contributed by atoms with Crippen molar-refractivity contribution in [3.8, 4) is 5.75 Å². The zero-order valence-corrected chi connectivity index (χ0v) is 14.6. The van der Waals surface area contributed by atoms with E-state index in [1.165, 1.54) is 5.56 Å². The number of hydrogen-bond acceptors (Lipinski definition) is 3. The van der Waals surface area contributed by atoms with Gasteiger partial charge >= 0.3 is 0 Å². The molecule has 4 heteroatoms. The Kier molecular flexibility index (Phi) is 4.47. The number of benzene rings is 1. The SMILES string of the molecule is COc1ccc(Br)cc1CN1CC(C)(C)OC(C)(C)C1.